The molecule has 1 aliphatic rings. The first kappa shape index (κ1) is 20.7. The Labute approximate surface area is 156 Å². The second-order valence-electron chi connectivity index (χ2n) is 8.29. The summed E-state index contributed by atoms with van der Waals surface area (Å²) in [6, 6.07) is 9.87. The van der Waals surface area contributed by atoms with Gasteiger partial charge in [-0.1, -0.05) is 30.3 Å². The van der Waals surface area contributed by atoms with E-state index in [0.717, 1.165) is 5.56 Å². The van der Waals surface area contributed by atoms with Crippen molar-refractivity contribution in [3.63, 3.8) is 0 Å². The van der Waals surface area contributed by atoms with Gasteiger partial charge in [-0.15, -0.1) is 0 Å². The molecular weight excluding hydrogens is 334 g/mol. The van der Waals surface area contributed by atoms with Crippen molar-refractivity contribution < 1.29 is 24.1 Å². The summed E-state index contributed by atoms with van der Waals surface area (Å²) in [5, 5.41) is 10.4. The van der Waals surface area contributed by atoms with Crippen molar-refractivity contribution in [3.8, 4) is 0 Å². The van der Waals surface area contributed by atoms with Crippen molar-refractivity contribution in [2.45, 2.75) is 64.6 Å². The molecule has 146 valence electrons. The molecule has 1 aromatic carbocycles. The van der Waals surface area contributed by atoms with E-state index in [0.29, 0.717) is 19.8 Å². The standard InChI is InChI=1S/C20H31NO5/c1-19(2,3)26-18(22)21-11-16(25-17(12-21)20(4,5)23)14-24-13-15-9-7-6-8-10-15/h6-10,16-17,23H,11-14H2,1-5H3/t16-,17+/m1/s1. The number of rotatable bonds is 5. The molecule has 0 aromatic heterocycles. The molecule has 1 saturated heterocycles. The number of carbonyl (C=O) groups is 1. The highest BCUT2D eigenvalue weighted by atomic mass is 16.6. The summed E-state index contributed by atoms with van der Waals surface area (Å²) in [6.07, 6.45) is -1.23. The van der Waals surface area contributed by atoms with Crippen molar-refractivity contribution in [3.05, 3.63) is 35.9 Å². The fourth-order valence-corrected chi connectivity index (χ4v) is 2.68. The number of benzene rings is 1. The van der Waals surface area contributed by atoms with Crippen molar-refractivity contribution in [2.24, 2.45) is 0 Å². The molecule has 6 nitrogen and oxygen atoms in total. The normalized spacial score (nSPS) is 21.5. The molecule has 26 heavy (non-hydrogen) atoms. The Morgan fingerprint density at radius 3 is 2.42 bits per heavy atom. The molecule has 0 unspecified atom stereocenters. The lowest BCUT2D eigenvalue weighted by Gasteiger charge is -2.42. The summed E-state index contributed by atoms with van der Waals surface area (Å²) < 4.78 is 17.2. The van der Waals surface area contributed by atoms with Gasteiger partial charge in [-0.25, -0.2) is 4.79 Å². The fourth-order valence-electron chi connectivity index (χ4n) is 2.68. The monoisotopic (exact) mass is 365 g/mol. The predicted molar refractivity (Wildman–Crippen MR) is 98.9 cm³/mol. The van der Waals surface area contributed by atoms with Gasteiger partial charge in [0, 0.05) is 0 Å². The molecule has 0 aliphatic carbocycles. The van der Waals surface area contributed by atoms with Gasteiger partial charge in [-0.2, -0.15) is 0 Å². The second kappa shape index (κ2) is 8.37. The number of morpholine rings is 1. The van der Waals surface area contributed by atoms with E-state index in [2.05, 4.69) is 0 Å². The van der Waals surface area contributed by atoms with Crippen molar-refractivity contribution in [2.75, 3.05) is 19.7 Å². The maximum absolute atomic E-state index is 12.5. The Hall–Kier alpha value is -1.63. The number of hydrogen-bond acceptors (Lipinski definition) is 5. The van der Waals surface area contributed by atoms with Crippen LogP contribution in [0.1, 0.15) is 40.2 Å². The highest BCUT2D eigenvalue weighted by molar-refractivity contribution is 5.68. The SMILES string of the molecule is CC(C)(C)OC(=O)N1C[C@H](COCc2ccccc2)O[C@H](C(C)(C)O)C1. The summed E-state index contributed by atoms with van der Waals surface area (Å²) >= 11 is 0. The number of amides is 1. The largest absolute Gasteiger partial charge is 0.444 e. The molecule has 2 rings (SSSR count). The zero-order valence-electron chi connectivity index (χ0n) is 16.4. The Kier molecular flexibility index (Phi) is 6.66. The van der Waals surface area contributed by atoms with E-state index >= 15 is 0 Å². The lowest BCUT2D eigenvalue weighted by Crippen LogP contribution is -2.58. The zero-order chi connectivity index (χ0) is 19.4. The topological polar surface area (TPSA) is 68.2 Å². The van der Waals surface area contributed by atoms with E-state index in [-0.39, 0.29) is 12.6 Å². The third-order valence-electron chi connectivity index (χ3n) is 4.02. The number of aliphatic hydroxyl groups is 1. The third kappa shape index (κ3) is 6.59. The average molecular weight is 365 g/mol. The molecule has 6 heteroatoms. The summed E-state index contributed by atoms with van der Waals surface area (Å²) in [5.41, 5.74) is -0.566. The summed E-state index contributed by atoms with van der Waals surface area (Å²) in [6.45, 7) is 10.3. The lowest BCUT2D eigenvalue weighted by atomic mass is 9.99. The van der Waals surface area contributed by atoms with Gasteiger partial charge in [-0.05, 0) is 40.2 Å². The van der Waals surface area contributed by atoms with E-state index in [1.54, 1.807) is 18.7 Å². The van der Waals surface area contributed by atoms with Crippen LogP contribution in [0.15, 0.2) is 30.3 Å². The van der Waals surface area contributed by atoms with Crippen LogP contribution in [-0.2, 0) is 20.8 Å². The third-order valence-corrected chi connectivity index (χ3v) is 4.02. The minimum absolute atomic E-state index is 0.285. The van der Waals surface area contributed by atoms with Crippen LogP contribution < -0.4 is 0 Å². The summed E-state index contributed by atoms with van der Waals surface area (Å²) in [4.78, 5) is 14.0. The number of hydrogen-bond donors (Lipinski definition) is 1. The van der Waals surface area contributed by atoms with Gasteiger partial charge in [0.05, 0.1) is 38.0 Å². The van der Waals surface area contributed by atoms with Crippen LogP contribution in [0.2, 0.25) is 0 Å². The molecule has 1 aliphatic heterocycles. The van der Waals surface area contributed by atoms with Crippen LogP contribution in [0.3, 0.4) is 0 Å². The molecule has 2 atom stereocenters. The van der Waals surface area contributed by atoms with Gasteiger partial charge in [0.1, 0.15) is 11.7 Å². The fraction of sp³-hybridized carbons (Fsp3) is 0.650. The van der Waals surface area contributed by atoms with E-state index in [1.807, 2.05) is 51.1 Å². The molecular formula is C20H31NO5. The van der Waals surface area contributed by atoms with Crippen LogP contribution in [0.4, 0.5) is 4.79 Å². The first-order valence-electron chi connectivity index (χ1n) is 9.02. The minimum Gasteiger partial charge on any atom is -0.444 e. The lowest BCUT2D eigenvalue weighted by molar-refractivity contribution is -0.172. The van der Waals surface area contributed by atoms with Crippen LogP contribution >= 0.6 is 0 Å². The molecule has 0 bridgehead atoms. The molecule has 0 saturated carbocycles. The molecule has 1 N–H and O–H groups in total. The predicted octanol–water partition coefficient (Wildman–Crippen LogP) is 2.98. The smallest absolute Gasteiger partial charge is 0.410 e. The van der Waals surface area contributed by atoms with E-state index in [1.165, 1.54) is 0 Å². The van der Waals surface area contributed by atoms with Crippen LogP contribution in [-0.4, -0.2) is 59.2 Å². The average Bonchev–Trinajstić information content (AvgIpc) is 2.53. The minimum atomic E-state index is -1.07. The van der Waals surface area contributed by atoms with Crippen LogP contribution in [0, 0.1) is 0 Å². The van der Waals surface area contributed by atoms with Gasteiger partial charge in [0.15, 0.2) is 0 Å². The van der Waals surface area contributed by atoms with Gasteiger partial charge >= 0.3 is 6.09 Å². The Morgan fingerprint density at radius 1 is 1.19 bits per heavy atom. The first-order valence-corrected chi connectivity index (χ1v) is 9.02. The molecule has 0 radical (unpaired) electrons. The van der Waals surface area contributed by atoms with E-state index < -0.39 is 23.4 Å². The van der Waals surface area contributed by atoms with Crippen LogP contribution in [0.25, 0.3) is 0 Å². The maximum Gasteiger partial charge on any atom is 0.410 e. The van der Waals surface area contributed by atoms with Crippen molar-refractivity contribution in [1.29, 1.82) is 0 Å². The van der Waals surface area contributed by atoms with Gasteiger partial charge in [0.25, 0.3) is 0 Å². The molecule has 1 fully saturated rings. The zero-order valence-corrected chi connectivity index (χ0v) is 16.4. The molecule has 1 aromatic rings. The summed E-state index contributed by atoms with van der Waals surface area (Å²) in [7, 11) is 0. The van der Waals surface area contributed by atoms with Gasteiger partial charge < -0.3 is 24.2 Å². The van der Waals surface area contributed by atoms with Crippen LogP contribution in [0.5, 0.6) is 0 Å². The highest BCUT2D eigenvalue weighted by Crippen LogP contribution is 2.23. The Bertz CT molecular complexity index is 576. The maximum atomic E-state index is 12.5. The number of nitrogens with zero attached hydrogens (tertiary/aromatic N) is 1. The van der Waals surface area contributed by atoms with Gasteiger partial charge in [0.2, 0.25) is 0 Å². The summed E-state index contributed by atoms with van der Waals surface area (Å²) in [5.74, 6) is 0. The number of ether oxygens (including phenoxy) is 3. The van der Waals surface area contributed by atoms with E-state index in [9.17, 15) is 9.90 Å². The van der Waals surface area contributed by atoms with E-state index in [4.69, 9.17) is 14.2 Å². The number of carbonyl (C=O) groups excluding carboxylic acids is 1. The van der Waals surface area contributed by atoms with Crippen molar-refractivity contribution >= 4 is 6.09 Å². The molecule has 0 spiro atoms. The molecule has 1 amide bonds. The van der Waals surface area contributed by atoms with Gasteiger partial charge in [-0.3, -0.25) is 0 Å². The second-order valence-corrected chi connectivity index (χ2v) is 8.29. The van der Waals surface area contributed by atoms with Crippen molar-refractivity contribution in [1.82, 2.24) is 4.90 Å². The quantitative estimate of drug-likeness (QED) is 0.869. The Balaban J connectivity index is 1.97. The highest BCUT2D eigenvalue weighted by Gasteiger charge is 2.39. The molecule has 1 heterocycles. The Morgan fingerprint density at radius 2 is 1.85 bits per heavy atom. The first-order chi connectivity index (χ1) is 12.0.